The number of carbonyl (C=O) groups is 1. The zero-order chi connectivity index (χ0) is 13.0. The number of esters is 1. The minimum absolute atomic E-state index is 0.0513. The van der Waals surface area contributed by atoms with Crippen molar-refractivity contribution in [2.45, 2.75) is 31.3 Å². The first-order chi connectivity index (χ1) is 8.71. The van der Waals surface area contributed by atoms with Crippen molar-refractivity contribution >= 4 is 5.97 Å². The highest BCUT2D eigenvalue weighted by molar-refractivity contribution is 5.77. The molecule has 1 aliphatic carbocycles. The van der Waals surface area contributed by atoms with Crippen molar-refractivity contribution < 1.29 is 14.6 Å². The van der Waals surface area contributed by atoms with Crippen molar-refractivity contribution in [3.8, 4) is 0 Å². The highest BCUT2D eigenvalue weighted by Gasteiger charge is 2.45. The van der Waals surface area contributed by atoms with Crippen LogP contribution in [0.3, 0.4) is 0 Å². The molecule has 1 aromatic rings. The Balaban J connectivity index is 2.15. The van der Waals surface area contributed by atoms with E-state index in [1.165, 1.54) is 0 Å². The number of aliphatic hydroxyl groups excluding tert-OH is 1. The van der Waals surface area contributed by atoms with E-state index in [1.807, 2.05) is 30.3 Å². The van der Waals surface area contributed by atoms with Gasteiger partial charge < -0.3 is 9.84 Å². The van der Waals surface area contributed by atoms with E-state index >= 15 is 0 Å². The van der Waals surface area contributed by atoms with Crippen LogP contribution in [0.4, 0.5) is 0 Å². The minimum atomic E-state index is -0.499. The lowest BCUT2D eigenvalue weighted by Crippen LogP contribution is -2.41. The van der Waals surface area contributed by atoms with Gasteiger partial charge in [-0.2, -0.15) is 0 Å². The highest BCUT2D eigenvalue weighted by atomic mass is 16.5. The van der Waals surface area contributed by atoms with Gasteiger partial charge in [-0.3, -0.25) is 5.32 Å². The summed E-state index contributed by atoms with van der Waals surface area (Å²) in [6, 6.07) is 8.97. The maximum absolute atomic E-state index is 12.0. The summed E-state index contributed by atoms with van der Waals surface area (Å²) in [7, 11) is 0. The van der Waals surface area contributed by atoms with Gasteiger partial charge in [0, 0.05) is 5.54 Å². The van der Waals surface area contributed by atoms with Gasteiger partial charge in [-0.05, 0) is 25.3 Å². The highest BCUT2D eigenvalue weighted by Crippen LogP contribution is 2.37. The molecule has 18 heavy (non-hydrogen) atoms. The average Bonchev–Trinajstić information content (AvgIpc) is 3.18. The number of aliphatic hydroxyl groups is 1. The Bertz CT molecular complexity index is 401. The van der Waals surface area contributed by atoms with Gasteiger partial charge in [0.15, 0.2) is 0 Å². The lowest BCUT2D eigenvalue weighted by atomic mass is 10.1. The zero-order valence-electron chi connectivity index (χ0n) is 10.6. The molecule has 0 bridgehead atoms. The molecule has 1 aromatic carbocycles. The van der Waals surface area contributed by atoms with Crippen LogP contribution in [0.5, 0.6) is 0 Å². The fourth-order valence-electron chi connectivity index (χ4n) is 1.95. The van der Waals surface area contributed by atoms with Crippen molar-refractivity contribution in [3.63, 3.8) is 0 Å². The second-order valence-electron chi connectivity index (χ2n) is 4.68. The summed E-state index contributed by atoms with van der Waals surface area (Å²) in [6.07, 6.45) is 1.79. The molecule has 2 rings (SSSR count). The molecular weight excluding hydrogens is 230 g/mol. The van der Waals surface area contributed by atoms with Crippen LogP contribution < -0.4 is 5.32 Å². The summed E-state index contributed by atoms with van der Waals surface area (Å²) in [5.74, 6) is -0.288. The van der Waals surface area contributed by atoms with Crippen LogP contribution in [0, 0.1) is 0 Å². The van der Waals surface area contributed by atoms with E-state index in [9.17, 15) is 9.90 Å². The third-order valence-electron chi connectivity index (χ3n) is 3.26. The molecular formula is C14H19NO3. The Hall–Kier alpha value is -1.39. The first-order valence-corrected chi connectivity index (χ1v) is 6.31. The Morgan fingerprint density at radius 2 is 2.11 bits per heavy atom. The zero-order valence-corrected chi connectivity index (χ0v) is 10.6. The second kappa shape index (κ2) is 5.50. The summed E-state index contributed by atoms with van der Waals surface area (Å²) in [6.45, 7) is 2.20. The van der Waals surface area contributed by atoms with Crippen LogP contribution >= 0.6 is 0 Å². The van der Waals surface area contributed by atoms with Gasteiger partial charge >= 0.3 is 5.97 Å². The van der Waals surface area contributed by atoms with E-state index in [4.69, 9.17) is 4.74 Å². The number of nitrogens with one attached hydrogen (secondary N) is 1. The maximum atomic E-state index is 12.0. The molecule has 0 aromatic heterocycles. The predicted molar refractivity (Wildman–Crippen MR) is 68.0 cm³/mol. The monoisotopic (exact) mass is 249 g/mol. The molecule has 1 unspecified atom stereocenters. The molecule has 2 N–H and O–H groups in total. The largest absolute Gasteiger partial charge is 0.465 e. The molecule has 0 amide bonds. The van der Waals surface area contributed by atoms with Crippen LogP contribution in [0.15, 0.2) is 30.3 Å². The topological polar surface area (TPSA) is 58.6 Å². The summed E-state index contributed by atoms with van der Waals surface area (Å²) in [5, 5.41) is 12.6. The van der Waals surface area contributed by atoms with Crippen LogP contribution in [0.1, 0.15) is 31.4 Å². The number of ether oxygens (including phenoxy) is 1. The number of hydrogen-bond acceptors (Lipinski definition) is 4. The number of rotatable bonds is 6. The Morgan fingerprint density at radius 3 is 2.61 bits per heavy atom. The van der Waals surface area contributed by atoms with Crippen LogP contribution in [0.2, 0.25) is 0 Å². The molecule has 4 nitrogen and oxygen atoms in total. The van der Waals surface area contributed by atoms with E-state index in [-0.39, 0.29) is 18.1 Å². The first-order valence-electron chi connectivity index (χ1n) is 6.31. The summed E-state index contributed by atoms with van der Waals surface area (Å²) >= 11 is 0. The molecule has 0 spiro atoms. The van der Waals surface area contributed by atoms with Crippen molar-refractivity contribution in [1.29, 1.82) is 0 Å². The Morgan fingerprint density at radius 1 is 1.44 bits per heavy atom. The quantitative estimate of drug-likeness (QED) is 0.748. The van der Waals surface area contributed by atoms with E-state index in [0.717, 1.165) is 18.4 Å². The fourth-order valence-corrected chi connectivity index (χ4v) is 1.95. The molecule has 1 fully saturated rings. The van der Waals surface area contributed by atoms with Gasteiger partial charge in [0.05, 0.1) is 13.2 Å². The SMILES string of the molecule is CCOC(=O)C(NC1(CO)CC1)c1ccccc1. The Kier molecular flexibility index (Phi) is 3.99. The smallest absolute Gasteiger partial charge is 0.327 e. The minimum Gasteiger partial charge on any atom is -0.465 e. The van der Waals surface area contributed by atoms with Crippen molar-refractivity contribution in [2.24, 2.45) is 0 Å². The molecule has 0 radical (unpaired) electrons. The molecule has 4 heteroatoms. The van der Waals surface area contributed by atoms with E-state index < -0.39 is 6.04 Å². The lowest BCUT2D eigenvalue weighted by molar-refractivity contribution is -0.146. The molecule has 1 aliphatic rings. The third-order valence-corrected chi connectivity index (χ3v) is 3.26. The van der Waals surface area contributed by atoms with Crippen molar-refractivity contribution in [2.75, 3.05) is 13.2 Å². The van der Waals surface area contributed by atoms with Gasteiger partial charge in [-0.15, -0.1) is 0 Å². The average molecular weight is 249 g/mol. The molecule has 0 heterocycles. The van der Waals surface area contributed by atoms with Crippen LogP contribution in [-0.2, 0) is 9.53 Å². The summed E-state index contributed by atoms with van der Waals surface area (Å²) in [4.78, 5) is 12.0. The van der Waals surface area contributed by atoms with Crippen molar-refractivity contribution in [3.05, 3.63) is 35.9 Å². The standard InChI is InChI=1S/C14H19NO3/c1-2-18-13(17)12(11-6-4-3-5-7-11)15-14(10-16)8-9-14/h3-7,12,15-16H,2,8-10H2,1H3. The number of carbonyl (C=O) groups excluding carboxylic acids is 1. The number of hydrogen-bond donors (Lipinski definition) is 2. The molecule has 0 saturated heterocycles. The van der Waals surface area contributed by atoms with E-state index in [0.29, 0.717) is 6.61 Å². The number of benzene rings is 1. The molecule has 98 valence electrons. The van der Waals surface area contributed by atoms with E-state index in [1.54, 1.807) is 6.92 Å². The van der Waals surface area contributed by atoms with Gasteiger partial charge in [0.2, 0.25) is 0 Å². The summed E-state index contributed by atoms with van der Waals surface area (Å²) < 4.78 is 5.09. The van der Waals surface area contributed by atoms with Crippen LogP contribution in [-0.4, -0.2) is 29.8 Å². The van der Waals surface area contributed by atoms with Gasteiger partial charge in [0.25, 0.3) is 0 Å². The molecule has 1 atom stereocenters. The van der Waals surface area contributed by atoms with Gasteiger partial charge in [-0.25, -0.2) is 4.79 Å². The van der Waals surface area contributed by atoms with Gasteiger partial charge in [-0.1, -0.05) is 30.3 Å². The maximum Gasteiger partial charge on any atom is 0.327 e. The molecule has 1 saturated carbocycles. The fraction of sp³-hybridized carbons (Fsp3) is 0.500. The van der Waals surface area contributed by atoms with Crippen LogP contribution in [0.25, 0.3) is 0 Å². The van der Waals surface area contributed by atoms with Crippen molar-refractivity contribution in [1.82, 2.24) is 5.32 Å². The van der Waals surface area contributed by atoms with Gasteiger partial charge in [0.1, 0.15) is 6.04 Å². The predicted octanol–water partition coefficient (Wildman–Crippen LogP) is 1.41. The second-order valence-corrected chi connectivity index (χ2v) is 4.68. The first kappa shape index (κ1) is 13.1. The lowest BCUT2D eigenvalue weighted by Gasteiger charge is -2.23. The Labute approximate surface area is 107 Å². The third kappa shape index (κ3) is 2.89. The normalized spacial score (nSPS) is 18.1. The molecule has 0 aliphatic heterocycles. The van der Waals surface area contributed by atoms with E-state index in [2.05, 4.69) is 5.32 Å². The summed E-state index contributed by atoms with van der Waals surface area (Å²) in [5.41, 5.74) is 0.573.